The molecule has 0 fully saturated rings. The Hall–Kier alpha value is -3.07. The molecule has 0 saturated carbocycles. The van der Waals surface area contributed by atoms with E-state index < -0.39 is 28.5 Å². The maximum Gasteiger partial charge on any atom is 0.264 e. The van der Waals surface area contributed by atoms with Crippen LogP contribution in [0.1, 0.15) is 37.8 Å². The largest absolute Gasteiger partial charge is 0.354 e. The van der Waals surface area contributed by atoms with Crippen molar-refractivity contribution >= 4 is 50.7 Å². The Morgan fingerprint density at radius 2 is 1.56 bits per heavy atom. The van der Waals surface area contributed by atoms with Crippen LogP contribution in [0.4, 0.5) is 5.69 Å². The van der Waals surface area contributed by atoms with Crippen LogP contribution in [-0.4, -0.2) is 44.3 Å². The lowest BCUT2D eigenvalue weighted by atomic mass is 10.1. The molecule has 0 saturated heterocycles. The second kappa shape index (κ2) is 13.8. The van der Waals surface area contributed by atoms with Gasteiger partial charge in [0.1, 0.15) is 12.6 Å². The molecular formula is C29H33Cl2N3O4S. The Labute approximate surface area is 240 Å². The number of carbonyl (C=O) groups excluding carboxylic acids is 2. The third kappa shape index (κ3) is 7.53. The first kappa shape index (κ1) is 30.5. The van der Waals surface area contributed by atoms with Crippen molar-refractivity contribution in [3.05, 3.63) is 94.0 Å². The van der Waals surface area contributed by atoms with Crippen molar-refractivity contribution in [2.45, 2.75) is 51.1 Å². The molecule has 3 aromatic rings. The van der Waals surface area contributed by atoms with Gasteiger partial charge in [-0.15, -0.1) is 0 Å². The van der Waals surface area contributed by atoms with E-state index in [1.807, 2.05) is 6.92 Å². The summed E-state index contributed by atoms with van der Waals surface area (Å²) in [7, 11) is -4.17. The molecule has 2 amide bonds. The van der Waals surface area contributed by atoms with Crippen molar-refractivity contribution in [2.24, 2.45) is 0 Å². The number of anilines is 1. The molecule has 0 aromatic heterocycles. The summed E-state index contributed by atoms with van der Waals surface area (Å²) in [6, 6.07) is 18.9. The molecule has 0 aliphatic rings. The van der Waals surface area contributed by atoms with Gasteiger partial charge in [-0.25, -0.2) is 8.42 Å². The van der Waals surface area contributed by atoms with E-state index in [1.165, 1.54) is 17.0 Å². The molecule has 0 heterocycles. The summed E-state index contributed by atoms with van der Waals surface area (Å²) < 4.78 is 28.8. The van der Waals surface area contributed by atoms with Crippen LogP contribution in [0.15, 0.2) is 77.7 Å². The lowest BCUT2D eigenvalue weighted by molar-refractivity contribution is -0.139. The summed E-state index contributed by atoms with van der Waals surface area (Å²) in [4.78, 5) is 28.4. The van der Waals surface area contributed by atoms with E-state index in [2.05, 4.69) is 5.32 Å². The first-order valence-corrected chi connectivity index (χ1v) is 14.9. The van der Waals surface area contributed by atoms with E-state index >= 15 is 0 Å². The minimum Gasteiger partial charge on any atom is -0.354 e. The van der Waals surface area contributed by atoms with Crippen LogP contribution in [-0.2, 0) is 26.2 Å². The van der Waals surface area contributed by atoms with Gasteiger partial charge in [-0.1, -0.05) is 79.0 Å². The van der Waals surface area contributed by atoms with E-state index in [-0.39, 0.29) is 23.0 Å². The summed E-state index contributed by atoms with van der Waals surface area (Å²) in [5, 5.41) is 3.67. The number of amides is 2. The van der Waals surface area contributed by atoms with Crippen molar-refractivity contribution in [1.82, 2.24) is 10.2 Å². The summed E-state index contributed by atoms with van der Waals surface area (Å²) in [6.45, 7) is 5.29. The van der Waals surface area contributed by atoms with E-state index in [0.29, 0.717) is 27.7 Å². The summed E-state index contributed by atoms with van der Waals surface area (Å²) in [5.74, 6) is -0.896. The number of halogens is 2. The van der Waals surface area contributed by atoms with Crippen LogP contribution in [0.25, 0.3) is 0 Å². The standard InChI is InChI=1S/C29H33Cl2N3O4S/c1-4-5-18-32-29(36)22(3)33(19-23-12-9-10-15-26(23)31)28(35)20-34(27-17-11-16-25(30)21(27)2)39(37,38)24-13-7-6-8-14-24/h6-17,22H,4-5,18-20H2,1-3H3,(H,32,36)/t22-/m0/s1. The highest BCUT2D eigenvalue weighted by atomic mass is 35.5. The number of benzene rings is 3. The van der Waals surface area contributed by atoms with E-state index in [4.69, 9.17) is 23.2 Å². The number of hydrogen-bond acceptors (Lipinski definition) is 4. The van der Waals surface area contributed by atoms with Crippen molar-refractivity contribution in [2.75, 3.05) is 17.4 Å². The number of sulfonamides is 1. The zero-order valence-electron chi connectivity index (χ0n) is 22.2. The second-order valence-corrected chi connectivity index (χ2v) is 11.8. The third-order valence-corrected chi connectivity index (χ3v) is 8.97. The fraction of sp³-hybridized carbons (Fsp3) is 0.310. The molecule has 3 rings (SSSR count). The fourth-order valence-corrected chi connectivity index (χ4v) is 5.89. The van der Waals surface area contributed by atoms with Gasteiger partial charge in [-0.3, -0.25) is 13.9 Å². The van der Waals surface area contributed by atoms with Gasteiger partial charge in [0, 0.05) is 23.1 Å². The first-order valence-electron chi connectivity index (χ1n) is 12.7. The van der Waals surface area contributed by atoms with Gasteiger partial charge in [0.15, 0.2) is 0 Å². The smallest absolute Gasteiger partial charge is 0.264 e. The molecule has 0 radical (unpaired) electrons. The zero-order valence-corrected chi connectivity index (χ0v) is 24.6. The summed E-state index contributed by atoms with van der Waals surface area (Å²) in [5.41, 5.74) is 1.42. The van der Waals surface area contributed by atoms with Crippen LogP contribution < -0.4 is 9.62 Å². The molecule has 208 valence electrons. The minimum absolute atomic E-state index is 0.0224. The lowest BCUT2D eigenvalue weighted by Crippen LogP contribution is -2.51. The first-order chi connectivity index (χ1) is 18.6. The Morgan fingerprint density at radius 1 is 0.923 bits per heavy atom. The molecule has 0 aliphatic carbocycles. The van der Waals surface area contributed by atoms with Gasteiger partial charge >= 0.3 is 0 Å². The number of carbonyl (C=O) groups is 2. The van der Waals surface area contributed by atoms with Gasteiger partial charge in [0.2, 0.25) is 11.8 Å². The van der Waals surface area contributed by atoms with Crippen LogP contribution in [0.3, 0.4) is 0 Å². The molecule has 1 atom stereocenters. The average Bonchev–Trinajstić information content (AvgIpc) is 2.93. The molecule has 0 spiro atoms. The Kier molecular flexibility index (Phi) is 10.8. The monoisotopic (exact) mass is 589 g/mol. The van der Waals surface area contributed by atoms with Gasteiger partial charge < -0.3 is 10.2 Å². The SMILES string of the molecule is CCCCNC(=O)[C@H](C)N(Cc1ccccc1Cl)C(=O)CN(c1cccc(Cl)c1C)S(=O)(=O)c1ccccc1. The molecular weight excluding hydrogens is 557 g/mol. The number of hydrogen-bond donors (Lipinski definition) is 1. The van der Waals surface area contributed by atoms with E-state index in [1.54, 1.807) is 74.5 Å². The van der Waals surface area contributed by atoms with Gasteiger partial charge in [-0.05, 0) is 61.7 Å². The highest BCUT2D eigenvalue weighted by Crippen LogP contribution is 2.31. The van der Waals surface area contributed by atoms with Gasteiger partial charge in [-0.2, -0.15) is 0 Å². The van der Waals surface area contributed by atoms with Crippen LogP contribution in [0.5, 0.6) is 0 Å². The minimum atomic E-state index is -4.17. The summed E-state index contributed by atoms with van der Waals surface area (Å²) >= 11 is 12.7. The average molecular weight is 591 g/mol. The Balaban J connectivity index is 2.04. The second-order valence-electron chi connectivity index (χ2n) is 9.14. The van der Waals surface area contributed by atoms with Crippen molar-refractivity contribution < 1.29 is 18.0 Å². The van der Waals surface area contributed by atoms with Crippen molar-refractivity contribution in [3.63, 3.8) is 0 Å². The van der Waals surface area contributed by atoms with Crippen LogP contribution >= 0.6 is 23.2 Å². The number of nitrogens with zero attached hydrogens (tertiary/aromatic N) is 2. The molecule has 1 N–H and O–H groups in total. The molecule has 3 aromatic carbocycles. The molecule has 10 heteroatoms. The summed E-state index contributed by atoms with van der Waals surface area (Å²) in [6.07, 6.45) is 1.70. The van der Waals surface area contributed by atoms with E-state index in [9.17, 15) is 18.0 Å². The fourth-order valence-electron chi connectivity index (χ4n) is 4.03. The molecule has 7 nitrogen and oxygen atoms in total. The quantitative estimate of drug-likeness (QED) is 0.269. The van der Waals surface area contributed by atoms with Crippen LogP contribution in [0, 0.1) is 6.92 Å². The number of nitrogens with one attached hydrogen (secondary N) is 1. The van der Waals surface area contributed by atoms with Crippen molar-refractivity contribution in [3.8, 4) is 0 Å². The highest BCUT2D eigenvalue weighted by molar-refractivity contribution is 7.92. The number of rotatable bonds is 12. The lowest BCUT2D eigenvalue weighted by Gasteiger charge is -2.32. The molecule has 39 heavy (non-hydrogen) atoms. The maximum absolute atomic E-state index is 14.0. The topological polar surface area (TPSA) is 86.8 Å². The molecule has 0 aliphatic heterocycles. The predicted octanol–water partition coefficient (Wildman–Crippen LogP) is 5.83. The molecule has 0 unspecified atom stereocenters. The third-order valence-electron chi connectivity index (χ3n) is 6.41. The molecule has 0 bridgehead atoms. The zero-order chi connectivity index (χ0) is 28.6. The Morgan fingerprint density at radius 3 is 2.23 bits per heavy atom. The number of unbranched alkanes of at least 4 members (excludes halogenated alkanes) is 1. The van der Waals surface area contributed by atoms with Crippen LogP contribution in [0.2, 0.25) is 10.0 Å². The highest BCUT2D eigenvalue weighted by Gasteiger charge is 2.33. The van der Waals surface area contributed by atoms with Crippen molar-refractivity contribution in [1.29, 1.82) is 0 Å². The Bertz CT molecular complexity index is 1400. The maximum atomic E-state index is 14.0. The normalized spacial score (nSPS) is 12.0. The van der Waals surface area contributed by atoms with E-state index in [0.717, 1.165) is 17.1 Å². The predicted molar refractivity (Wildman–Crippen MR) is 157 cm³/mol. The van der Waals surface area contributed by atoms with Gasteiger partial charge in [0.25, 0.3) is 10.0 Å². The van der Waals surface area contributed by atoms with Gasteiger partial charge in [0.05, 0.1) is 10.6 Å².